The predicted molar refractivity (Wildman–Crippen MR) is 116 cm³/mol. The van der Waals surface area contributed by atoms with E-state index >= 15 is 0 Å². The van der Waals surface area contributed by atoms with Crippen molar-refractivity contribution in [1.29, 1.82) is 0 Å². The average molecular weight is 400 g/mol. The Morgan fingerprint density at radius 2 is 1.61 bits per heavy atom. The van der Waals surface area contributed by atoms with Crippen LogP contribution in [0.15, 0.2) is 48.5 Å². The van der Waals surface area contributed by atoms with Crippen LogP contribution in [0.2, 0.25) is 5.02 Å². The van der Waals surface area contributed by atoms with E-state index in [-0.39, 0.29) is 5.91 Å². The Balaban J connectivity index is 1.25. The van der Waals surface area contributed by atoms with Crippen molar-refractivity contribution in [1.82, 2.24) is 0 Å². The van der Waals surface area contributed by atoms with E-state index in [4.69, 9.17) is 11.6 Å². The zero-order valence-electron chi connectivity index (χ0n) is 16.2. The molecule has 6 heteroatoms. The van der Waals surface area contributed by atoms with Crippen molar-refractivity contribution < 1.29 is 9.69 Å². The van der Waals surface area contributed by atoms with Crippen LogP contribution >= 0.6 is 11.6 Å². The lowest BCUT2D eigenvalue weighted by Crippen LogP contribution is -3.15. The number of amides is 1. The minimum absolute atomic E-state index is 0.0788. The molecule has 0 spiro atoms. The van der Waals surface area contributed by atoms with E-state index in [0.29, 0.717) is 6.54 Å². The second-order valence-corrected chi connectivity index (χ2v) is 8.06. The summed E-state index contributed by atoms with van der Waals surface area (Å²) in [7, 11) is 0. The summed E-state index contributed by atoms with van der Waals surface area (Å²) in [5.41, 5.74) is 3.21. The van der Waals surface area contributed by atoms with Gasteiger partial charge in [-0.3, -0.25) is 4.79 Å². The normalized spacial score (nSPS) is 17.8. The summed E-state index contributed by atoms with van der Waals surface area (Å²) >= 11 is 6.31. The molecule has 2 heterocycles. The quantitative estimate of drug-likeness (QED) is 0.810. The molecule has 0 saturated carbocycles. The first-order valence-corrected chi connectivity index (χ1v) is 10.5. The van der Waals surface area contributed by atoms with E-state index < -0.39 is 0 Å². The second-order valence-electron chi connectivity index (χ2n) is 7.65. The molecular weight excluding hydrogens is 372 g/mol. The van der Waals surface area contributed by atoms with Gasteiger partial charge >= 0.3 is 0 Å². The van der Waals surface area contributed by atoms with Crippen LogP contribution in [0.3, 0.4) is 0 Å². The van der Waals surface area contributed by atoms with Crippen molar-refractivity contribution in [3.8, 4) is 0 Å². The monoisotopic (exact) mass is 399 g/mol. The number of hydrogen-bond donors (Lipinski definition) is 2. The van der Waals surface area contributed by atoms with Crippen LogP contribution in [0, 0.1) is 0 Å². The molecule has 2 aromatic rings. The molecule has 148 valence electrons. The van der Waals surface area contributed by atoms with Gasteiger partial charge in [0.2, 0.25) is 0 Å². The molecule has 0 bridgehead atoms. The Bertz CT molecular complexity index is 796. The summed E-state index contributed by atoms with van der Waals surface area (Å²) in [6.07, 6.45) is 2.54. The number of anilines is 3. The van der Waals surface area contributed by atoms with Crippen molar-refractivity contribution >= 4 is 34.6 Å². The first-order valence-electron chi connectivity index (χ1n) is 10.2. The van der Waals surface area contributed by atoms with E-state index in [2.05, 4.69) is 33.3 Å². The molecule has 0 aromatic heterocycles. The molecule has 2 N–H and O–H groups in total. The van der Waals surface area contributed by atoms with Gasteiger partial charge in [-0.15, -0.1) is 0 Å². The molecule has 5 nitrogen and oxygen atoms in total. The molecule has 0 atom stereocenters. The van der Waals surface area contributed by atoms with Crippen molar-refractivity contribution in [2.75, 3.05) is 60.9 Å². The van der Waals surface area contributed by atoms with Crippen LogP contribution in [0.25, 0.3) is 0 Å². The molecular formula is C22H28ClN4O+. The highest BCUT2D eigenvalue weighted by molar-refractivity contribution is 6.33. The molecule has 4 rings (SSSR count). The fourth-order valence-corrected chi connectivity index (χ4v) is 4.37. The number of hydrogen-bond acceptors (Lipinski definition) is 3. The van der Waals surface area contributed by atoms with E-state index in [9.17, 15) is 4.79 Å². The number of halogens is 1. The van der Waals surface area contributed by atoms with Gasteiger partial charge in [-0.1, -0.05) is 23.7 Å². The van der Waals surface area contributed by atoms with Gasteiger partial charge in [-0.05, 0) is 49.2 Å². The molecule has 0 unspecified atom stereocenters. The number of para-hydroxylation sites is 1. The number of carbonyl (C=O) groups excluding carboxylic acids is 1. The zero-order valence-corrected chi connectivity index (χ0v) is 16.9. The highest BCUT2D eigenvalue weighted by Crippen LogP contribution is 2.25. The number of nitrogens with one attached hydrogen (secondary N) is 2. The van der Waals surface area contributed by atoms with Crippen molar-refractivity contribution in [2.45, 2.75) is 12.8 Å². The minimum Gasteiger partial charge on any atom is -0.372 e. The number of piperazine rings is 1. The molecule has 28 heavy (non-hydrogen) atoms. The number of carbonyl (C=O) groups is 1. The lowest BCUT2D eigenvalue weighted by atomic mass is 10.2. The van der Waals surface area contributed by atoms with Gasteiger partial charge in [0.05, 0.1) is 36.9 Å². The molecule has 0 radical (unpaired) electrons. The third-order valence-electron chi connectivity index (χ3n) is 5.70. The van der Waals surface area contributed by atoms with E-state index in [1.54, 1.807) is 0 Å². The lowest BCUT2D eigenvalue weighted by Gasteiger charge is -2.33. The number of benzene rings is 2. The maximum absolute atomic E-state index is 12.5. The van der Waals surface area contributed by atoms with Gasteiger partial charge in [-0.25, -0.2) is 0 Å². The second kappa shape index (κ2) is 8.84. The largest absolute Gasteiger partial charge is 0.372 e. The molecule has 2 aliphatic rings. The van der Waals surface area contributed by atoms with Crippen molar-refractivity contribution in [2.24, 2.45) is 0 Å². The number of rotatable bonds is 5. The van der Waals surface area contributed by atoms with Crippen LogP contribution < -0.4 is 20.0 Å². The maximum Gasteiger partial charge on any atom is 0.279 e. The summed E-state index contributed by atoms with van der Waals surface area (Å²) in [6.45, 7) is 6.47. The zero-order chi connectivity index (χ0) is 19.3. The highest BCUT2D eigenvalue weighted by Gasteiger charge is 2.23. The van der Waals surface area contributed by atoms with Crippen LogP contribution in [0.4, 0.5) is 17.1 Å². The molecule has 2 aliphatic heterocycles. The Hall–Kier alpha value is -2.24. The van der Waals surface area contributed by atoms with Gasteiger partial charge in [0.15, 0.2) is 6.54 Å². The standard InChI is InChI=1S/C22H27ClN4O/c23-20-5-1-2-6-21(20)27-15-13-25(14-16-27)17-22(28)24-18-7-9-19(10-8-18)26-11-3-4-12-26/h1-2,5-10H,3-4,11-17H2,(H,24,28)/p+1. The third-order valence-corrected chi connectivity index (χ3v) is 6.02. The van der Waals surface area contributed by atoms with Crippen LogP contribution in [-0.2, 0) is 4.79 Å². The Labute approximate surface area is 171 Å². The van der Waals surface area contributed by atoms with Gasteiger partial charge < -0.3 is 20.0 Å². The van der Waals surface area contributed by atoms with Gasteiger partial charge in [0.1, 0.15) is 0 Å². The smallest absolute Gasteiger partial charge is 0.279 e. The highest BCUT2D eigenvalue weighted by atomic mass is 35.5. The van der Waals surface area contributed by atoms with E-state index in [0.717, 1.165) is 55.7 Å². The SMILES string of the molecule is O=C(C[NH+]1CCN(c2ccccc2Cl)CC1)Nc1ccc(N2CCCC2)cc1. The lowest BCUT2D eigenvalue weighted by molar-refractivity contribution is -0.892. The van der Waals surface area contributed by atoms with Gasteiger partial charge in [0.25, 0.3) is 5.91 Å². The van der Waals surface area contributed by atoms with Crippen molar-refractivity contribution in [3.63, 3.8) is 0 Å². The fraction of sp³-hybridized carbons (Fsp3) is 0.409. The van der Waals surface area contributed by atoms with Crippen LogP contribution in [0.1, 0.15) is 12.8 Å². The van der Waals surface area contributed by atoms with Gasteiger partial charge in [-0.2, -0.15) is 0 Å². The van der Waals surface area contributed by atoms with Gasteiger partial charge in [0, 0.05) is 24.5 Å². The Morgan fingerprint density at radius 3 is 2.29 bits per heavy atom. The average Bonchev–Trinajstić information content (AvgIpc) is 3.24. The van der Waals surface area contributed by atoms with E-state index in [1.807, 2.05) is 30.3 Å². The number of nitrogens with zero attached hydrogens (tertiary/aromatic N) is 2. The molecule has 1 amide bonds. The topological polar surface area (TPSA) is 40.0 Å². The summed E-state index contributed by atoms with van der Waals surface area (Å²) in [6, 6.07) is 16.2. The molecule has 0 aliphatic carbocycles. The first kappa shape index (κ1) is 19.1. The Kier molecular flexibility index (Phi) is 6.03. The first-order chi connectivity index (χ1) is 13.7. The Morgan fingerprint density at radius 1 is 0.929 bits per heavy atom. The molecule has 2 fully saturated rings. The summed E-state index contributed by atoms with van der Waals surface area (Å²) in [5, 5.41) is 3.84. The minimum atomic E-state index is 0.0788. The maximum atomic E-state index is 12.5. The molecule has 2 saturated heterocycles. The van der Waals surface area contributed by atoms with Crippen molar-refractivity contribution in [3.05, 3.63) is 53.6 Å². The summed E-state index contributed by atoms with van der Waals surface area (Å²) < 4.78 is 0. The fourth-order valence-electron chi connectivity index (χ4n) is 4.11. The van der Waals surface area contributed by atoms with Crippen LogP contribution in [-0.4, -0.2) is 51.7 Å². The third kappa shape index (κ3) is 4.59. The molecule has 2 aromatic carbocycles. The van der Waals surface area contributed by atoms with Crippen LogP contribution in [0.5, 0.6) is 0 Å². The number of quaternary nitrogens is 1. The summed E-state index contributed by atoms with van der Waals surface area (Å²) in [5.74, 6) is 0.0788. The van der Waals surface area contributed by atoms with E-state index in [1.165, 1.54) is 23.4 Å². The summed E-state index contributed by atoms with van der Waals surface area (Å²) in [4.78, 5) is 18.5. The predicted octanol–water partition coefficient (Wildman–Crippen LogP) is 2.28.